The van der Waals surface area contributed by atoms with E-state index in [1.54, 1.807) is 13.0 Å². The van der Waals surface area contributed by atoms with Crippen LogP contribution in [0.3, 0.4) is 0 Å². The molecule has 0 spiro atoms. The van der Waals surface area contributed by atoms with Crippen LogP contribution in [0.5, 0.6) is 0 Å². The summed E-state index contributed by atoms with van der Waals surface area (Å²) >= 11 is 0. The second-order valence-corrected chi connectivity index (χ2v) is 5.58. The average molecular weight is 289 g/mol. The molecule has 21 heavy (non-hydrogen) atoms. The number of nitrogens with one attached hydrogen (secondary N) is 1. The normalized spacial score (nSPS) is 12.6. The summed E-state index contributed by atoms with van der Waals surface area (Å²) in [7, 11) is 1.92. The Hall–Kier alpha value is -1.68. The van der Waals surface area contributed by atoms with Gasteiger partial charge in [0.2, 0.25) is 0 Å². The Morgan fingerprint density at radius 3 is 2.81 bits per heavy atom. The molecule has 0 radical (unpaired) electrons. The molecule has 1 aromatic heterocycles. The number of aromatic nitrogens is 2. The van der Waals surface area contributed by atoms with E-state index in [1.807, 2.05) is 36.3 Å². The highest BCUT2D eigenvalue weighted by atomic mass is 19.1. The van der Waals surface area contributed by atoms with E-state index in [9.17, 15) is 4.39 Å². The Morgan fingerprint density at radius 2 is 2.19 bits per heavy atom. The molecule has 0 fully saturated rings. The standard InChI is InChI=1S/C17H24FN3/c1-4-9-19-17(8-6-14-11-20-21(3)12-14)15-7-5-13(2)16(18)10-15/h5,7,10-12,17,19H,4,6,8-9H2,1-3H3. The van der Waals surface area contributed by atoms with Crippen LogP contribution in [0.4, 0.5) is 4.39 Å². The summed E-state index contributed by atoms with van der Waals surface area (Å²) in [5.41, 5.74) is 2.93. The lowest BCUT2D eigenvalue weighted by molar-refractivity contribution is 0.495. The summed E-state index contributed by atoms with van der Waals surface area (Å²) in [5, 5.41) is 7.71. The van der Waals surface area contributed by atoms with Crippen LogP contribution in [0, 0.1) is 12.7 Å². The highest BCUT2D eigenvalue weighted by molar-refractivity contribution is 5.26. The molecule has 3 nitrogen and oxygen atoms in total. The molecule has 2 rings (SSSR count). The molecular formula is C17H24FN3. The van der Waals surface area contributed by atoms with Crippen LogP contribution < -0.4 is 5.32 Å². The third-order valence-electron chi connectivity index (χ3n) is 3.72. The van der Waals surface area contributed by atoms with Gasteiger partial charge in [0, 0.05) is 19.3 Å². The molecule has 1 heterocycles. The fourth-order valence-corrected chi connectivity index (χ4v) is 2.44. The molecular weight excluding hydrogens is 265 g/mol. The van der Waals surface area contributed by atoms with Crippen molar-refractivity contribution in [3.63, 3.8) is 0 Å². The average Bonchev–Trinajstić information content (AvgIpc) is 2.88. The molecule has 4 heteroatoms. The lowest BCUT2D eigenvalue weighted by atomic mass is 9.98. The first-order chi connectivity index (χ1) is 10.1. The van der Waals surface area contributed by atoms with E-state index in [0.29, 0.717) is 5.56 Å². The molecule has 1 atom stereocenters. The third kappa shape index (κ3) is 4.39. The molecule has 2 aromatic rings. The Kier molecular flexibility index (Phi) is 5.51. The van der Waals surface area contributed by atoms with E-state index < -0.39 is 0 Å². The van der Waals surface area contributed by atoms with E-state index in [0.717, 1.165) is 31.4 Å². The zero-order chi connectivity index (χ0) is 15.2. The predicted molar refractivity (Wildman–Crippen MR) is 83.7 cm³/mol. The monoisotopic (exact) mass is 289 g/mol. The van der Waals surface area contributed by atoms with Crippen LogP contribution >= 0.6 is 0 Å². The number of halogens is 1. The predicted octanol–water partition coefficient (Wildman–Crippen LogP) is 3.54. The maximum Gasteiger partial charge on any atom is 0.126 e. The zero-order valence-corrected chi connectivity index (χ0v) is 13.1. The van der Waals surface area contributed by atoms with Gasteiger partial charge in [0.1, 0.15) is 5.82 Å². The topological polar surface area (TPSA) is 29.9 Å². The van der Waals surface area contributed by atoms with Gasteiger partial charge in [-0.2, -0.15) is 5.10 Å². The largest absolute Gasteiger partial charge is 0.310 e. The van der Waals surface area contributed by atoms with Gasteiger partial charge in [-0.1, -0.05) is 19.1 Å². The van der Waals surface area contributed by atoms with E-state index in [-0.39, 0.29) is 11.9 Å². The summed E-state index contributed by atoms with van der Waals surface area (Å²) in [4.78, 5) is 0. The smallest absolute Gasteiger partial charge is 0.126 e. The number of rotatable bonds is 7. The van der Waals surface area contributed by atoms with Crippen LogP contribution in [0.25, 0.3) is 0 Å². The van der Waals surface area contributed by atoms with Crippen molar-refractivity contribution >= 4 is 0 Å². The van der Waals surface area contributed by atoms with Crippen molar-refractivity contribution in [1.82, 2.24) is 15.1 Å². The minimum absolute atomic E-state index is 0.128. The van der Waals surface area contributed by atoms with Crippen LogP contribution in [0.15, 0.2) is 30.6 Å². The quantitative estimate of drug-likeness (QED) is 0.845. The third-order valence-corrected chi connectivity index (χ3v) is 3.72. The number of hydrogen-bond acceptors (Lipinski definition) is 2. The summed E-state index contributed by atoms with van der Waals surface area (Å²) in [5.74, 6) is -0.128. The van der Waals surface area contributed by atoms with E-state index in [1.165, 1.54) is 5.56 Å². The molecule has 1 aromatic carbocycles. The second kappa shape index (κ2) is 7.36. The highest BCUT2D eigenvalue weighted by Crippen LogP contribution is 2.21. The molecule has 114 valence electrons. The number of hydrogen-bond donors (Lipinski definition) is 1. The first kappa shape index (κ1) is 15.7. The molecule has 0 aliphatic carbocycles. The Labute approximate surface area is 126 Å². The summed E-state index contributed by atoms with van der Waals surface area (Å²) in [6.45, 7) is 4.87. The van der Waals surface area contributed by atoms with Gasteiger partial charge < -0.3 is 5.32 Å². The summed E-state index contributed by atoms with van der Waals surface area (Å²) in [6, 6.07) is 5.72. The first-order valence-corrected chi connectivity index (χ1v) is 7.57. The van der Waals surface area contributed by atoms with Crippen molar-refractivity contribution in [2.24, 2.45) is 7.05 Å². The van der Waals surface area contributed by atoms with Crippen molar-refractivity contribution in [3.05, 3.63) is 53.1 Å². The maximum absolute atomic E-state index is 13.8. The van der Waals surface area contributed by atoms with Crippen molar-refractivity contribution in [3.8, 4) is 0 Å². The van der Waals surface area contributed by atoms with Crippen molar-refractivity contribution in [1.29, 1.82) is 0 Å². The maximum atomic E-state index is 13.8. The second-order valence-electron chi connectivity index (χ2n) is 5.58. The molecule has 0 saturated heterocycles. The molecule has 0 aliphatic heterocycles. The van der Waals surface area contributed by atoms with Gasteiger partial charge in [-0.25, -0.2) is 4.39 Å². The van der Waals surface area contributed by atoms with E-state index in [4.69, 9.17) is 0 Å². The zero-order valence-electron chi connectivity index (χ0n) is 13.1. The van der Waals surface area contributed by atoms with Crippen molar-refractivity contribution in [2.75, 3.05) is 6.54 Å². The highest BCUT2D eigenvalue weighted by Gasteiger charge is 2.13. The van der Waals surface area contributed by atoms with Gasteiger partial charge in [-0.15, -0.1) is 0 Å². The lowest BCUT2D eigenvalue weighted by Gasteiger charge is -2.19. The molecule has 0 saturated carbocycles. The van der Waals surface area contributed by atoms with Gasteiger partial charge in [-0.3, -0.25) is 4.68 Å². The molecule has 0 aliphatic rings. The summed E-state index contributed by atoms with van der Waals surface area (Å²) in [6.07, 6.45) is 6.87. The van der Waals surface area contributed by atoms with Crippen molar-refractivity contribution < 1.29 is 4.39 Å². The van der Waals surface area contributed by atoms with Crippen LogP contribution in [0.2, 0.25) is 0 Å². The van der Waals surface area contributed by atoms with Gasteiger partial charge in [-0.05, 0) is 55.5 Å². The minimum atomic E-state index is -0.128. The van der Waals surface area contributed by atoms with Gasteiger partial charge in [0.15, 0.2) is 0 Å². The van der Waals surface area contributed by atoms with Gasteiger partial charge in [0.05, 0.1) is 6.20 Å². The van der Waals surface area contributed by atoms with Gasteiger partial charge >= 0.3 is 0 Å². The Bertz CT molecular complexity index is 577. The Balaban J connectivity index is 2.07. The molecule has 1 N–H and O–H groups in total. The molecule has 1 unspecified atom stereocenters. The SMILES string of the molecule is CCCNC(CCc1cnn(C)c1)c1ccc(C)c(F)c1. The van der Waals surface area contributed by atoms with Crippen LogP contribution in [-0.2, 0) is 13.5 Å². The van der Waals surface area contributed by atoms with Crippen molar-refractivity contribution in [2.45, 2.75) is 39.2 Å². The molecule has 0 amide bonds. The molecule has 0 bridgehead atoms. The number of nitrogens with zero attached hydrogens (tertiary/aromatic N) is 2. The fraction of sp³-hybridized carbons (Fsp3) is 0.471. The van der Waals surface area contributed by atoms with Gasteiger partial charge in [0.25, 0.3) is 0 Å². The van der Waals surface area contributed by atoms with Crippen LogP contribution in [-0.4, -0.2) is 16.3 Å². The summed E-state index contributed by atoms with van der Waals surface area (Å²) < 4.78 is 15.6. The first-order valence-electron chi connectivity index (χ1n) is 7.57. The lowest BCUT2D eigenvalue weighted by Crippen LogP contribution is -2.23. The minimum Gasteiger partial charge on any atom is -0.310 e. The van der Waals surface area contributed by atoms with Crippen LogP contribution in [0.1, 0.15) is 42.5 Å². The van der Waals surface area contributed by atoms with E-state index in [2.05, 4.69) is 17.3 Å². The number of aryl methyl sites for hydroxylation is 3. The fourth-order valence-electron chi connectivity index (χ4n) is 2.44. The number of benzene rings is 1. The van der Waals surface area contributed by atoms with E-state index >= 15 is 0 Å². The Morgan fingerprint density at radius 1 is 1.38 bits per heavy atom.